The van der Waals surface area contributed by atoms with Gasteiger partial charge in [-0.1, -0.05) is 34.1 Å². The fraction of sp³-hybridized carbons (Fsp3) is 0. The van der Waals surface area contributed by atoms with Crippen molar-refractivity contribution >= 4 is 57.1 Å². The SMILES string of the molecule is O=[N+]([O-])c1ccc(Nc2nc(N/N=C\c3cc(Br)ccc3O)nc(Nc3ccccc3)n2)cc1. The Kier molecular flexibility index (Phi) is 6.89. The number of halogens is 1. The molecule has 1 aromatic heterocycles. The standard InChI is InChI=1S/C22H17BrN8O3/c23-15-6-11-19(32)14(12-15)13-24-30-22-28-20(25-16-4-2-1-3-5-16)27-21(29-22)26-17-7-9-18(10-8-17)31(33)34/h1-13,32H,(H3,25,26,27,28,29,30)/b24-13-. The van der Waals surface area contributed by atoms with Gasteiger partial charge in [-0.05, 0) is 42.5 Å². The first-order valence-corrected chi connectivity index (χ1v) is 10.6. The minimum atomic E-state index is -0.475. The Hall–Kier alpha value is -4.58. The summed E-state index contributed by atoms with van der Waals surface area (Å²) in [4.78, 5) is 23.4. The molecule has 1 heterocycles. The molecule has 0 saturated heterocycles. The summed E-state index contributed by atoms with van der Waals surface area (Å²) in [7, 11) is 0. The Morgan fingerprint density at radius 1 is 0.882 bits per heavy atom. The predicted octanol–water partition coefficient (Wildman–Crippen LogP) is 5.18. The van der Waals surface area contributed by atoms with Gasteiger partial charge in [0.2, 0.25) is 17.8 Å². The molecule has 3 aromatic carbocycles. The lowest BCUT2D eigenvalue weighted by atomic mass is 10.2. The van der Waals surface area contributed by atoms with Crippen molar-refractivity contribution in [2.24, 2.45) is 5.10 Å². The lowest BCUT2D eigenvalue weighted by Gasteiger charge is -2.10. The largest absolute Gasteiger partial charge is 0.507 e. The number of benzene rings is 3. The van der Waals surface area contributed by atoms with E-state index in [9.17, 15) is 15.2 Å². The summed E-state index contributed by atoms with van der Waals surface area (Å²) in [5.41, 5.74) is 4.51. The molecule has 0 aliphatic rings. The molecule has 12 heteroatoms. The van der Waals surface area contributed by atoms with Gasteiger partial charge in [0.25, 0.3) is 5.69 Å². The summed E-state index contributed by atoms with van der Waals surface area (Å²) in [5, 5.41) is 31.0. The van der Waals surface area contributed by atoms with Crippen molar-refractivity contribution in [2.75, 3.05) is 16.1 Å². The van der Waals surface area contributed by atoms with Crippen LogP contribution in [-0.2, 0) is 0 Å². The van der Waals surface area contributed by atoms with E-state index in [0.29, 0.717) is 11.3 Å². The molecule has 0 aliphatic carbocycles. The van der Waals surface area contributed by atoms with E-state index < -0.39 is 4.92 Å². The third kappa shape index (κ3) is 6.01. The maximum absolute atomic E-state index is 10.9. The number of nitrogens with one attached hydrogen (secondary N) is 3. The van der Waals surface area contributed by atoms with Gasteiger partial charge in [-0.2, -0.15) is 20.1 Å². The van der Waals surface area contributed by atoms with Crippen LogP contribution in [0.15, 0.2) is 82.4 Å². The van der Waals surface area contributed by atoms with Crippen molar-refractivity contribution in [2.45, 2.75) is 0 Å². The van der Waals surface area contributed by atoms with E-state index in [1.54, 1.807) is 30.3 Å². The summed E-state index contributed by atoms with van der Waals surface area (Å²) in [6, 6.07) is 20.1. The van der Waals surface area contributed by atoms with Crippen LogP contribution in [0.1, 0.15) is 5.56 Å². The summed E-state index contributed by atoms with van der Waals surface area (Å²) in [6.07, 6.45) is 1.43. The topological polar surface area (TPSA) is 150 Å². The van der Waals surface area contributed by atoms with Crippen molar-refractivity contribution in [3.05, 3.63) is 92.9 Å². The van der Waals surface area contributed by atoms with Gasteiger partial charge in [-0.3, -0.25) is 10.1 Å². The van der Waals surface area contributed by atoms with Crippen molar-refractivity contribution in [3.63, 3.8) is 0 Å². The van der Waals surface area contributed by atoms with Crippen LogP contribution in [0.4, 0.5) is 34.9 Å². The molecular weight excluding hydrogens is 504 g/mol. The second-order valence-electron chi connectivity index (χ2n) is 6.80. The number of aromatic hydroxyl groups is 1. The van der Waals surface area contributed by atoms with Crippen LogP contribution >= 0.6 is 15.9 Å². The molecule has 0 bridgehead atoms. The number of non-ortho nitro benzene ring substituents is 1. The van der Waals surface area contributed by atoms with Crippen LogP contribution in [0, 0.1) is 10.1 Å². The van der Waals surface area contributed by atoms with E-state index >= 15 is 0 Å². The van der Waals surface area contributed by atoms with Gasteiger partial charge >= 0.3 is 0 Å². The zero-order valence-electron chi connectivity index (χ0n) is 17.4. The number of aromatic nitrogens is 3. The Balaban J connectivity index is 1.59. The number of hydrogen-bond acceptors (Lipinski definition) is 10. The first-order valence-electron chi connectivity index (χ1n) is 9.83. The second-order valence-corrected chi connectivity index (χ2v) is 7.72. The summed E-state index contributed by atoms with van der Waals surface area (Å²) in [5.74, 6) is 0.624. The molecule has 170 valence electrons. The number of phenolic OH excluding ortho intramolecular Hbond substituents is 1. The maximum atomic E-state index is 10.9. The van der Waals surface area contributed by atoms with Crippen LogP contribution in [0.5, 0.6) is 5.75 Å². The van der Waals surface area contributed by atoms with Crippen molar-refractivity contribution in [3.8, 4) is 5.75 Å². The first-order chi connectivity index (χ1) is 16.5. The van der Waals surface area contributed by atoms with Crippen LogP contribution in [0.2, 0.25) is 0 Å². The number of hydrazone groups is 1. The highest BCUT2D eigenvalue weighted by Crippen LogP contribution is 2.22. The highest BCUT2D eigenvalue weighted by Gasteiger charge is 2.09. The van der Waals surface area contributed by atoms with Crippen LogP contribution in [0.3, 0.4) is 0 Å². The molecule has 0 unspecified atom stereocenters. The Morgan fingerprint density at radius 2 is 1.50 bits per heavy atom. The third-order valence-corrected chi connectivity index (χ3v) is 4.85. The van der Waals surface area contributed by atoms with Crippen LogP contribution in [0.25, 0.3) is 0 Å². The normalized spacial score (nSPS) is 10.7. The monoisotopic (exact) mass is 520 g/mol. The summed E-state index contributed by atoms with van der Waals surface area (Å²) in [6.45, 7) is 0. The van der Waals surface area contributed by atoms with Gasteiger partial charge in [-0.25, -0.2) is 5.43 Å². The number of rotatable bonds is 8. The van der Waals surface area contributed by atoms with Gasteiger partial charge in [0.15, 0.2) is 0 Å². The van der Waals surface area contributed by atoms with Crippen LogP contribution < -0.4 is 16.1 Å². The van der Waals surface area contributed by atoms with E-state index in [2.05, 4.69) is 52.0 Å². The number of hydrogen-bond donors (Lipinski definition) is 4. The molecule has 0 saturated carbocycles. The smallest absolute Gasteiger partial charge is 0.269 e. The predicted molar refractivity (Wildman–Crippen MR) is 133 cm³/mol. The lowest BCUT2D eigenvalue weighted by Crippen LogP contribution is -2.07. The van der Waals surface area contributed by atoms with Crippen molar-refractivity contribution in [1.82, 2.24) is 15.0 Å². The fourth-order valence-corrected chi connectivity index (χ4v) is 3.15. The molecule has 0 aliphatic heterocycles. The van der Waals surface area contributed by atoms with E-state index in [0.717, 1.165) is 10.2 Å². The maximum Gasteiger partial charge on any atom is 0.269 e. The molecule has 4 rings (SSSR count). The highest BCUT2D eigenvalue weighted by molar-refractivity contribution is 9.10. The molecule has 0 spiro atoms. The lowest BCUT2D eigenvalue weighted by molar-refractivity contribution is -0.384. The number of anilines is 5. The van der Waals surface area contributed by atoms with Gasteiger partial charge in [0.05, 0.1) is 11.1 Å². The fourth-order valence-electron chi connectivity index (χ4n) is 2.77. The van der Waals surface area contributed by atoms with Crippen molar-refractivity contribution in [1.29, 1.82) is 0 Å². The average Bonchev–Trinajstić information content (AvgIpc) is 2.82. The molecule has 4 aromatic rings. The minimum Gasteiger partial charge on any atom is -0.507 e. The van der Waals surface area contributed by atoms with E-state index in [4.69, 9.17) is 0 Å². The highest BCUT2D eigenvalue weighted by atomic mass is 79.9. The second kappa shape index (κ2) is 10.4. The molecule has 34 heavy (non-hydrogen) atoms. The molecular formula is C22H17BrN8O3. The summed E-state index contributed by atoms with van der Waals surface area (Å²) < 4.78 is 0.788. The van der Waals surface area contributed by atoms with E-state index in [1.165, 1.54) is 18.3 Å². The van der Waals surface area contributed by atoms with Gasteiger partial charge in [-0.15, -0.1) is 0 Å². The number of para-hydroxylation sites is 1. The zero-order valence-corrected chi connectivity index (χ0v) is 19.0. The minimum absolute atomic E-state index is 0.0277. The first kappa shape index (κ1) is 22.6. The molecule has 4 N–H and O–H groups in total. The number of nitro benzene ring substituents is 1. The molecule has 11 nitrogen and oxygen atoms in total. The quantitative estimate of drug-likeness (QED) is 0.140. The van der Waals surface area contributed by atoms with E-state index in [-0.39, 0.29) is 29.3 Å². The number of nitrogens with zero attached hydrogens (tertiary/aromatic N) is 5. The molecule has 0 fully saturated rings. The average molecular weight is 521 g/mol. The van der Waals surface area contributed by atoms with E-state index in [1.807, 2.05) is 30.3 Å². The Morgan fingerprint density at radius 3 is 2.15 bits per heavy atom. The van der Waals surface area contributed by atoms with Crippen molar-refractivity contribution < 1.29 is 10.0 Å². The van der Waals surface area contributed by atoms with Crippen LogP contribution in [-0.4, -0.2) is 31.2 Å². The third-order valence-electron chi connectivity index (χ3n) is 4.36. The Bertz CT molecular complexity index is 1330. The molecule has 0 amide bonds. The zero-order chi connectivity index (χ0) is 23.9. The van der Waals surface area contributed by atoms with Gasteiger partial charge in [0.1, 0.15) is 5.75 Å². The molecule has 0 radical (unpaired) electrons. The number of phenols is 1. The Labute approximate surface area is 201 Å². The van der Waals surface area contributed by atoms with Gasteiger partial charge < -0.3 is 15.7 Å². The van der Waals surface area contributed by atoms with Gasteiger partial charge in [0, 0.05) is 33.5 Å². The summed E-state index contributed by atoms with van der Waals surface area (Å²) >= 11 is 3.35. The molecule has 0 atom stereocenters. The number of nitro groups is 1.